The summed E-state index contributed by atoms with van der Waals surface area (Å²) in [5, 5.41) is 10.0. The monoisotopic (exact) mass is 341 g/mol. The maximum absolute atomic E-state index is 12.4. The number of esters is 1. The van der Waals surface area contributed by atoms with Crippen LogP contribution in [0.1, 0.15) is 42.9 Å². The van der Waals surface area contributed by atoms with E-state index in [1.54, 1.807) is 12.1 Å². The fourth-order valence-corrected chi connectivity index (χ4v) is 4.30. The van der Waals surface area contributed by atoms with E-state index in [2.05, 4.69) is 4.74 Å². The third-order valence-electron chi connectivity index (χ3n) is 4.15. The number of carbonyl (C=O) groups is 1. The molecule has 0 saturated heterocycles. The van der Waals surface area contributed by atoms with E-state index in [1.165, 1.54) is 11.4 Å². The molecular formula is C16H23NO5S. The Morgan fingerprint density at radius 1 is 1.30 bits per heavy atom. The number of nitrogens with zero attached hydrogens (tertiary/aromatic N) is 1. The zero-order valence-corrected chi connectivity index (χ0v) is 14.4. The molecule has 0 amide bonds. The lowest BCUT2D eigenvalue weighted by Crippen LogP contribution is -2.28. The summed E-state index contributed by atoms with van der Waals surface area (Å²) < 4.78 is 30.8. The van der Waals surface area contributed by atoms with Gasteiger partial charge < -0.3 is 9.84 Å². The van der Waals surface area contributed by atoms with E-state index in [0.717, 1.165) is 17.5 Å². The van der Waals surface area contributed by atoms with E-state index >= 15 is 0 Å². The lowest BCUT2D eigenvalue weighted by atomic mass is 9.99. The normalized spacial score (nSPS) is 14.7. The van der Waals surface area contributed by atoms with Crippen LogP contribution in [0.4, 0.5) is 0 Å². The van der Waals surface area contributed by atoms with Crippen LogP contribution in [-0.2, 0) is 39.1 Å². The van der Waals surface area contributed by atoms with Crippen LogP contribution in [0.2, 0.25) is 0 Å². The van der Waals surface area contributed by atoms with E-state index < -0.39 is 10.0 Å². The van der Waals surface area contributed by atoms with Crippen LogP contribution in [0.5, 0.6) is 5.75 Å². The highest BCUT2D eigenvalue weighted by atomic mass is 32.2. The van der Waals surface area contributed by atoms with Crippen molar-refractivity contribution in [3.8, 4) is 5.75 Å². The molecule has 0 aliphatic carbocycles. The highest BCUT2D eigenvalue weighted by molar-refractivity contribution is 7.89. The third-order valence-corrected chi connectivity index (χ3v) is 6.00. The van der Waals surface area contributed by atoms with Gasteiger partial charge in [-0.05, 0) is 30.0 Å². The van der Waals surface area contributed by atoms with E-state index in [9.17, 15) is 18.3 Å². The number of phenolic OH excluding ortho intramolecular Hbond substituents is 1. The number of fused-ring (bicyclic) bond motifs is 1. The third kappa shape index (κ3) is 4.03. The standard InChI is InChI=1S/C16H23NO5S/c1-3-4-9-23(20,21)17-10-13-12(6-8-16(19)22-2)5-7-15(18)14(13)11-17/h5,7,18H,3-4,6,8-11H2,1-2H3. The predicted octanol–water partition coefficient (Wildman–Crippen LogP) is 1.94. The molecular weight excluding hydrogens is 318 g/mol. The van der Waals surface area contributed by atoms with Gasteiger partial charge in [0, 0.05) is 25.1 Å². The van der Waals surface area contributed by atoms with Crippen molar-refractivity contribution in [2.24, 2.45) is 0 Å². The van der Waals surface area contributed by atoms with Crippen LogP contribution in [0, 0.1) is 0 Å². The van der Waals surface area contributed by atoms with Crippen molar-refractivity contribution >= 4 is 16.0 Å². The van der Waals surface area contributed by atoms with Crippen LogP contribution in [0.15, 0.2) is 12.1 Å². The maximum atomic E-state index is 12.4. The minimum Gasteiger partial charge on any atom is -0.508 e. The topological polar surface area (TPSA) is 83.9 Å². The molecule has 1 aliphatic rings. The SMILES string of the molecule is CCCCS(=O)(=O)N1Cc2c(O)ccc(CCC(=O)OC)c2C1. The molecule has 1 N–H and O–H groups in total. The zero-order valence-electron chi connectivity index (χ0n) is 13.5. The van der Waals surface area contributed by atoms with Gasteiger partial charge in [-0.15, -0.1) is 0 Å². The Balaban J connectivity index is 2.20. The molecule has 0 spiro atoms. The quantitative estimate of drug-likeness (QED) is 0.766. The fourth-order valence-electron chi connectivity index (χ4n) is 2.74. The van der Waals surface area contributed by atoms with Gasteiger partial charge in [0.15, 0.2) is 0 Å². The first-order valence-electron chi connectivity index (χ1n) is 7.76. The molecule has 6 nitrogen and oxygen atoms in total. The first-order valence-corrected chi connectivity index (χ1v) is 9.37. The molecule has 7 heteroatoms. The highest BCUT2D eigenvalue weighted by Gasteiger charge is 2.31. The number of sulfonamides is 1. The Bertz CT molecular complexity index is 684. The fraction of sp³-hybridized carbons (Fsp3) is 0.562. The minimum atomic E-state index is -3.33. The maximum Gasteiger partial charge on any atom is 0.305 e. The molecule has 0 bridgehead atoms. The number of hydrogen-bond acceptors (Lipinski definition) is 5. The molecule has 2 rings (SSSR count). The van der Waals surface area contributed by atoms with E-state index in [-0.39, 0.29) is 37.0 Å². The number of phenols is 1. The van der Waals surface area contributed by atoms with Crippen LogP contribution in [-0.4, -0.2) is 36.7 Å². The number of rotatable bonds is 7. The highest BCUT2D eigenvalue weighted by Crippen LogP contribution is 2.35. The molecule has 0 saturated carbocycles. The second-order valence-electron chi connectivity index (χ2n) is 5.71. The van der Waals surface area contributed by atoms with Crippen LogP contribution >= 0.6 is 0 Å². The van der Waals surface area contributed by atoms with Gasteiger partial charge in [-0.25, -0.2) is 8.42 Å². The van der Waals surface area contributed by atoms with Crippen molar-refractivity contribution in [3.05, 3.63) is 28.8 Å². The molecule has 1 aromatic rings. The number of aromatic hydroxyl groups is 1. The van der Waals surface area contributed by atoms with Gasteiger partial charge in [0.25, 0.3) is 0 Å². The van der Waals surface area contributed by atoms with Crippen molar-refractivity contribution in [2.75, 3.05) is 12.9 Å². The van der Waals surface area contributed by atoms with E-state index in [4.69, 9.17) is 0 Å². The van der Waals surface area contributed by atoms with Gasteiger partial charge in [0.1, 0.15) is 5.75 Å². The number of benzene rings is 1. The molecule has 1 heterocycles. The van der Waals surface area contributed by atoms with Crippen LogP contribution < -0.4 is 0 Å². The predicted molar refractivity (Wildman–Crippen MR) is 86.4 cm³/mol. The summed E-state index contributed by atoms with van der Waals surface area (Å²) >= 11 is 0. The molecule has 0 radical (unpaired) electrons. The first-order chi connectivity index (χ1) is 10.9. The summed E-state index contributed by atoms with van der Waals surface area (Å²) in [6, 6.07) is 3.31. The Morgan fingerprint density at radius 3 is 2.65 bits per heavy atom. The molecule has 1 aromatic carbocycles. The number of carbonyl (C=O) groups excluding carboxylic acids is 1. The first kappa shape index (κ1) is 17.7. The van der Waals surface area contributed by atoms with Gasteiger partial charge in [-0.1, -0.05) is 19.4 Å². The average molecular weight is 341 g/mol. The van der Waals surface area contributed by atoms with Gasteiger partial charge in [-0.2, -0.15) is 4.31 Å². The molecule has 0 fully saturated rings. The van der Waals surface area contributed by atoms with Gasteiger partial charge in [0.05, 0.1) is 12.9 Å². The van der Waals surface area contributed by atoms with E-state index in [0.29, 0.717) is 18.4 Å². The second-order valence-corrected chi connectivity index (χ2v) is 7.80. The largest absolute Gasteiger partial charge is 0.508 e. The molecule has 0 aromatic heterocycles. The lowest BCUT2D eigenvalue weighted by Gasteiger charge is -2.15. The Labute approximate surface area is 137 Å². The molecule has 1 aliphatic heterocycles. The molecule has 0 unspecified atom stereocenters. The second kappa shape index (κ2) is 7.31. The van der Waals surface area contributed by atoms with Gasteiger partial charge >= 0.3 is 5.97 Å². The number of aryl methyl sites for hydroxylation is 1. The molecule has 128 valence electrons. The number of ether oxygens (including phenoxy) is 1. The van der Waals surface area contributed by atoms with Crippen LogP contribution in [0.3, 0.4) is 0 Å². The summed E-state index contributed by atoms with van der Waals surface area (Å²) in [6.07, 6.45) is 2.14. The zero-order chi connectivity index (χ0) is 17.0. The summed E-state index contributed by atoms with van der Waals surface area (Å²) in [7, 11) is -1.99. The number of methoxy groups -OCH3 is 1. The van der Waals surface area contributed by atoms with Gasteiger partial charge in [-0.3, -0.25) is 4.79 Å². The summed E-state index contributed by atoms with van der Waals surface area (Å²) in [6.45, 7) is 2.40. The van der Waals surface area contributed by atoms with Gasteiger partial charge in [0.2, 0.25) is 10.0 Å². The lowest BCUT2D eigenvalue weighted by molar-refractivity contribution is -0.140. The van der Waals surface area contributed by atoms with Crippen molar-refractivity contribution < 1.29 is 23.1 Å². The summed E-state index contributed by atoms with van der Waals surface area (Å²) in [4.78, 5) is 11.3. The van der Waals surface area contributed by atoms with Crippen molar-refractivity contribution in [1.82, 2.24) is 4.31 Å². The summed E-state index contributed by atoms with van der Waals surface area (Å²) in [5.74, 6) is -0.0808. The molecule has 0 atom stereocenters. The average Bonchev–Trinajstić information content (AvgIpc) is 2.99. The Kier molecular flexibility index (Phi) is 5.64. The Morgan fingerprint density at radius 2 is 2.00 bits per heavy atom. The summed E-state index contributed by atoms with van der Waals surface area (Å²) in [5.41, 5.74) is 2.35. The number of unbranched alkanes of at least 4 members (excludes halogenated alkanes) is 1. The van der Waals surface area contributed by atoms with Crippen molar-refractivity contribution in [1.29, 1.82) is 0 Å². The van der Waals surface area contributed by atoms with E-state index in [1.807, 2.05) is 6.92 Å². The minimum absolute atomic E-state index is 0.106. The Hall–Kier alpha value is -1.60. The van der Waals surface area contributed by atoms with Crippen LogP contribution in [0.25, 0.3) is 0 Å². The number of hydrogen-bond donors (Lipinski definition) is 1. The van der Waals surface area contributed by atoms with Crippen molar-refractivity contribution in [3.63, 3.8) is 0 Å². The van der Waals surface area contributed by atoms with Crippen molar-refractivity contribution in [2.45, 2.75) is 45.7 Å². The molecule has 23 heavy (non-hydrogen) atoms. The smallest absolute Gasteiger partial charge is 0.305 e.